The Kier molecular flexibility index (Phi) is 5.83. The molecule has 2 aromatic heterocycles. The number of imidazole rings is 1. The zero-order valence-electron chi connectivity index (χ0n) is 17.3. The molecule has 0 unspecified atom stereocenters. The Bertz CT molecular complexity index is 1220. The van der Waals surface area contributed by atoms with Gasteiger partial charge in [0.05, 0.1) is 17.6 Å². The standard InChI is InChI=1S/C24H22ClFN6/c25-17-2-1-3-19(14-17)30-24-28-13-10-21(31-24)22-15-29-23(16-4-6-18(26)7-5-16)32(22)20-8-11-27-12-9-20/h1-7,10,13-15,20,27H,8-9,11-12H2,(H,28,30,31). The number of anilines is 2. The molecule has 0 saturated carbocycles. The van der Waals surface area contributed by atoms with E-state index in [2.05, 4.69) is 20.2 Å². The van der Waals surface area contributed by atoms with Gasteiger partial charge in [-0.05, 0) is 74.5 Å². The van der Waals surface area contributed by atoms with Crippen molar-refractivity contribution >= 4 is 23.2 Å². The van der Waals surface area contributed by atoms with E-state index in [1.54, 1.807) is 18.3 Å². The number of hydrogen-bond acceptors (Lipinski definition) is 5. The smallest absolute Gasteiger partial charge is 0.227 e. The van der Waals surface area contributed by atoms with E-state index in [9.17, 15) is 4.39 Å². The van der Waals surface area contributed by atoms with E-state index in [0.717, 1.165) is 54.4 Å². The zero-order chi connectivity index (χ0) is 21.9. The van der Waals surface area contributed by atoms with E-state index in [1.165, 1.54) is 12.1 Å². The van der Waals surface area contributed by atoms with Crippen LogP contribution in [0.3, 0.4) is 0 Å². The summed E-state index contributed by atoms with van der Waals surface area (Å²) < 4.78 is 15.7. The number of nitrogens with zero attached hydrogens (tertiary/aromatic N) is 4. The van der Waals surface area contributed by atoms with Crippen LogP contribution in [0.1, 0.15) is 18.9 Å². The van der Waals surface area contributed by atoms with Gasteiger partial charge >= 0.3 is 0 Å². The van der Waals surface area contributed by atoms with Crippen molar-refractivity contribution in [1.29, 1.82) is 0 Å². The second-order valence-electron chi connectivity index (χ2n) is 7.73. The van der Waals surface area contributed by atoms with Crippen molar-refractivity contribution in [2.75, 3.05) is 18.4 Å². The molecule has 6 nitrogen and oxygen atoms in total. The molecule has 1 aliphatic heterocycles. The van der Waals surface area contributed by atoms with Crippen LogP contribution in [0.25, 0.3) is 22.8 Å². The third kappa shape index (κ3) is 4.35. The van der Waals surface area contributed by atoms with Crippen molar-refractivity contribution in [3.05, 3.63) is 77.8 Å². The molecule has 162 valence electrons. The normalized spacial score (nSPS) is 14.4. The molecule has 0 atom stereocenters. The Labute approximate surface area is 190 Å². The minimum atomic E-state index is -0.263. The number of nitrogens with one attached hydrogen (secondary N) is 2. The first kappa shape index (κ1) is 20.6. The van der Waals surface area contributed by atoms with E-state index < -0.39 is 0 Å². The maximum absolute atomic E-state index is 13.5. The van der Waals surface area contributed by atoms with Crippen LogP contribution in [-0.2, 0) is 0 Å². The summed E-state index contributed by atoms with van der Waals surface area (Å²) in [5.74, 6) is 1.03. The summed E-state index contributed by atoms with van der Waals surface area (Å²) in [6.07, 6.45) is 5.53. The topological polar surface area (TPSA) is 67.7 Å². The van der Waals surface area contributed by atoms with Crippen LogP contribution in [0, 0.1) is 5.82 Å². The summed E-state index contributed by atoms with van der Waals surface area (Å²) in [4.78, 5) is 13.8. The second-order valence-corrected chi connectivity index (χ2v) is 8.16. The number of aromatic nitrogens is 4. The summed E-state index contributed by atoms with van der Waals surface area (Å²) in [5, 5.41) is 7.26. The Morgan fingerprint density at radius 1 is 1.03 bits per heavy atom. The van der Waals surface area contributed by atoms with Gasteiger partial charge < -0.3 is 15.2 Å². The van der Waals surface area contributed by atoms with Crippen molar-refractivity contribution in [2.24, 2.45) is 0 Å². The lowest BCUT2D eigenvalue weighted by Crippen LogP contribution is -2.30. The van der Waals surface area contributed by atoms with Crippen molar-refractivity contribution in [3.63, 3.8) is 0 Å². The Hall–Kier alpha value is -3.29. The molecule has 0 bridgehead atoms. The van der Waals surface area contributed by atoms with Gasteiger partial charge in [0.2, 0.25) is 5.95 Å². The van der Waals surface area contributed by atoms with Crippen LogP contribution in [0.2, 0.25) is 5.02 Å². The summed E-state index contributed by atoms with van der Waals surface area (Å²) in [7, 11) is 0. The summed E-state index contributed by atoms with van der Waals surface area (Å²) in [6, 6.07) is 16.0. The molecule has 0 aliphatic carbocycles. The molecule has 2 aromatic carbocycles. The largest absolute Gasteiger partial charge is 0.324 e. The van der Waals surface area contributed by atoms with Gasteiger partial charge in [0, 0.05) is 28.5 Å². The van der Waals surface area contributed by atoms with Crippen LogP contribution >= 0.6 is 11.6 Å². The van der Waals surface area contributed by atoms with Gasteiger partial charge in [-0.15, -0.1) is 0 Å². The first-order chi connectivity index (χ1) is 15.7. The Balaban J connectivity index is 1.55. The molecule has 3 heterocycles. The molecule has 1 fully saturated rings. The number of halogens is 2. The molecule has 0 spiro atoms. The average Bonchev–Trinajstić information content (AvgIpc) is 3.26. The van der Waals surface area contributed by atoms with Crippen LogP contribution in [0.15, 0.2) is 67.0 Å². The zero-order valence-corrected chi connectivity index (χ0v) is 18.1. The first-order valence-corrected chi connectivity index (χ1v) is 10.9. The Morgan fingerprint density at radius 3 is 2.62 bits per heavy atom. The van der Waals surface area contributed by atoms with Gasteiger partial charge in [-0.3, -0.25) is 0 Å². The first-order valence-electron chi connectivity index (χ1n) is 10.6. The maximum atomic E-state index is 13.5. The van der Waals surface area contributed by atoms with Crippen LogP contribution in [0.4, 0.5) is 16.0 Å². The van der Waals surface area contributed by atoms with E-state index in [0.29, 0.717) is 11.0 Å². The van der Waals surface area contributed by atoms with Crippen LogP contribution in [0.5, 0.6) is 0 Å². The van der Waals surface area contributed by atoms with Crippen molar-refractivity contribution < 1.29 is 4.39 Å². The minimum Gasteiger partial charge on any atom is -0.324 e. The quantitative estimate of drug-likeness (QED) is 0.424. The van der Waals surface area contributed by atoms with Gasteiger partial charge in [0.1, 0.15) is 11.6 Å². The molecule has 8 heteroatoms. The molecule has 0 amide bonds. The van der Waals surface area contributed by atoms with Gasteiger partial charge in [-0.1, -0.05) is 17.7 Å². The fourth-order valence-corrected chi connectivity index (χ4v) is 4.24. The van der Waals surface area contributed by atoms with Gasteiger partial charge in [-0.2, -0.15) is 0 Å². The van der Waals surface area contributed by atoms with Gasteiger partial charge in [0.15, 0.2) is 0 Å². The third-order valence-electron chi connectivity index (χ3n) is 5.57. The molecule has 1 aliphatic rings. The SMILES string of the molecule is Fc1ccc(-c2ncc(-c3ccnc(Nc4cccc(Cl)c4)n3)n2C2CCNCC2)cc1. The molecule has 0 radical (unpaired) electrons. The second kappa shape index (κ2) is 9.06. The Morgan fingerprint density at radius 2 is 1.84 bits per heavy atom. The number of benzene rings is 2. The molecule has 5 rings (SSSR count). The molecular formula is C24H22ClFN6. The van der Waals surface area contributed by atoms with Gasteiger partial charge in [0.25, 0.3) is 0 Å². The van der Waals surface area contributed by atoms with Crippen molar-refractivity contribution in [1.82, 2.24) is 24.8 Å². The monoisotopic (exact) mass is 448 g/mol. The highest BCUT2D eigenvalue weighted by molar-refractivity contribution is 6.30. The fraction of sp³-hybridized carbons (Fsp3) is 0.208. The average molecular weight is 449 g/mol. The molecule has 1 saturated heterocycles. The van der Waals surface area contributed by atoms with Crippen LogP contribution < -0.4 is 10.6 Å². The lowest BCUT2D eigenvalue weighted by Gasteiger charge is -2.27. The van der Waals surface area contributed by atoms with Crippen molar-refractivity contribution in [2.45, 2.75) is 18.9 Å². The van der Waals surface area contributed by atoms with E-state index in [1.807, 2.05) is 36.5 Å². The van der Waals surface area contributed by atoms with Crippen LogP contribution in [-0.4, -0.2) is 32.6 Å². The minimum absolute atomic E-state index is 0.263. The lowest BCUT2D eigenvalue weighted by atomic mass is 10.0. The number of hydrogen-bond donors (Lipinski definition) is 2. The van der Waals surface area contributed by atoms with Gasteiger partial charge in [-0.25, -0.2) is 19.3 Å². The highest BCUT2D eigenvalue weighted by Gasteiger charge is 2.23. The predicted molar refractivity (Wildman–Crippen MR) is 125 cm³/mol. The van der Waals surface area contributed by atoms with Crippen molar-refractivity contribution in [3.8, 4) is 22.8 Å². The van der Waals surface area contributed by atoms with E-state index in [4.69, 9.17) is 21.6 Å². The fourth-order valence-electron chi connectivity index (χ4n) is 4.05. The number of rotatable bonds is 5. The predicted octanol–water partition coefficient (Wildman–Crippen LogP) is 5.47. The molecular weight excluding hydrogens is 427 g/mol. The summed E-state index contributed by atoms with van der Waals surface area (Å²) >= 11 is 6.09. The van der Waals surface area contributed by atoms with E-state index in [-0.39, 0.29) is 11.9 Å². The molecule has 4 aromatic rings. The highest BCUT2D eigenvalue weighted by atomic mass is 35.5. The maximum Gasteiger partial charge on any atom is 0.227 e. The summed E-state index contributed by atoms with van der Waals surface area (Å²) in [6.45, 7) is 1.88. The lowest BCUT2D eigenvalue weighted by molar-refractivity contribution is 0.373. The third-order valence-corrected chi connectivity index (χ3v) is 5.81. The number of piperidine rings is 1. The summed E-state index contributed by atoms with van der Waals surface area (Å²) in [5.41, 5.74) is 3.37. The molecule has 2 N–H and O–H groups in total. The highest BCUT2D eigenvalue weighted by Crippen LogP contribution is 2.33. The molecule has 32 heavy (non-hydrogen) atoms. The van der Waals surface area contributed by atoms with E-state index >= 15 is 0 Å².